The normalized spacial score (nSPS) is 23.4. The van der Waals surface area contributed by atoms with Crippen LogP contribution in [0, 0.1) is 5.41 Å². The van der Waals surface area contributed by atoms with Crippen LogP contribution in [0.5, 0.6) is 0 Å². The molecule has 0 radical (unpaired) electrons. The largest absolute Gasteiger partial charge is 0.480 e. The molecule has 0 aliphatic heterocycles. The summed E-state index contributed by atoms with van der Waals surface area (Å²) in [7, 11) is 0. The lowest BCUT2D eigenvalue weighted by atomic mass is 9.82. The molecule has 19 heavy (non-hydrogen) atoms. The van der Waals surface area contributed by atoms with E-state index in [-0.39, 0.29) is 11.4 Å². The molecular weight excluding hydrogens is 244 g/mol. The van der Waals surface area contributed by atoms with Crippen molar-refractivity contribution in [1.82, 2.24) is 10.6 Å². The Hall–Kier alpha value is -1.26. The molecule has 0 aromatic carbocycles. The highest BCUT2D eigenvalue weighted by Crippen LogP contribution is 2.47. The lowest BCUT2D eigenvalue weighted by molar-refractivity contribution is -0.145. The summed E-state index contributed by atoms with van der Waals surface area (Å²) in [5.41, 5.74) is -0.772. The van der Waals surface area contributed by atoms with Crippen molar-refractivity contribution in [2.75, 3.05) is 6.54 Å². The summed E-state index contributed by atoms with van der Waals surface area (Å²) in [6, 6.07) is -0.330. The van der Waals surface area contributed by atoms with Gasteiger partial charge in [0.1, 0.15) is 5.54 Å². The second-order valence-corrected chi connectivity index (χ2v) is 6.11. The minimum absolute atomic E-state index is 0.278. The standard InChI is InChI=1S/C14H24N2O3/c1-2-13(8-9-13)10-15-12(19)16-14(11(17)18)6-4-3-5-7-14/h2-10H2,1H3,(H,17,18)(H2,15,16,19). The predicted molar refractivity (Wildman–Crippen MR) is 71.9 cm³/mol. The molecule has 2 rings (SSSR count). The zero-order valence-corrected chi connectivity index (χ0v) is 11.6. The zero-order valence-electron chi connectivity index (χ0n) is 11.6. The SMILES string of the molecule is CCC1(CNC(=O)NC2(C(=O)O)CCCCC2)CC1. The lowest BCUT2D eigenvalue weighted by Crippen LogP contribution is -2.58. The molecule has 3 N–H and O–H groups in total. The first-order valence-electron chi connectivity index (χ1n) is 7.31. The maximum absolute atomic E-state index is 11.9. The first kappa shape index (κ1) is 14.2. The van der Waals surface area contributed by atoms with Gasteiger partial charge >= 0.3 is 12.0 Å². The maximum Gasteiger partial charge on any atom is 0.329 e. The van der Waals surface area contributed by atoms with Crippen LogP contribution >= 0.6 is 0 Å². The van der Waals surface area contributed by atoms with Crippen LogP contribution in [0.1, 0.15) is 58.3 Å². The van der Waals surface area contributed by atoms with E-state index in [0.717, 1.165) is 38.5 Å². The van der Waals surface area contributed by atoms with Crippen LogP contribution in [0.25, 0.3) is 0 Å². The van der Waals surface area contributed by atoms with E-state index >= 15 is 0 Å². The van der Waals surface area contributed by atoms with Gasteiger partial charge in [0.05, 0.1) is 0 Å². The van der Waals surface area contributed by atoms with E-state index in [1.807, 2.05) is 0 Å². The number of nitrogens with one attached hydrogen (secondary N) is 2. The Morgan fingerprint density at radius 3 is 2.21 bits per heavy atom. The number of hydrogen-bond donors (Lipinski definition) is 3. The van der Waals surface area contributed by atoms with Crippen LogP contribution in [-0.2, 0) is 4.79 Å². The van der Waals surface area contributed by atoms with Crippen LogP contribution in [0.2, 0.25) is 0 Å². The van der Waals surface area contributed by atoms with Gasteiger partial charge in [-0.15, -0.1) is 0 Å². The van der Waals surface area contributed by atoms with E-state index in [1.54, 1.807) is 0 Å². The van der Waals surface area contributed by atoms with Gasteiger partial charge in [0, 0.05) is 6.54 Å². The number of hydrogen-bond acceptors (Lipinski definition) is 2. The molecule has 0 spiro atoms. The van der Waals surface area contributed by atoms with Gasteiger partial charge < -0.3 is 15.7 Å². The van der Waals surface area contributed by atoms with Crippen molar-refractivity contribution in [3.63, 3.8) is 0 Å². The van der Waals surface area contributed by atoms with Gasteiger partial charge in [-0.2, -0.15) is 0 Å². The third-order valence-electron chi connectivity index (χ3n) is 4.80. The average molecular weight is 268 g/mol. The first-order chi connectivity index (χ1) is 9.02. The van der Waals surface area contributed by atoms with Crippen molar-refractivity contribution in [2.24, 2.45) is 5.41 Å². The molecule has 0 heterocycles. The molecule has 0 atom stereocenters. The fourth-order valence-electron chi connectivity index (χ4n) is 2.91. The summed E-state index contributed by atoms with van der Waals surface area (Å²) in [5.74, 6) is -0.904. The number of carboxylic acids is 1. The van der Waals surface area contributed by atoms with E-state index < -0.39 is 11.5 Å². The second kappa shape index (κ2) is 5.39. The predicted octanol–water partition coefficient (Wildman–Crippen LogP) is 2.26. The number of carboxylic acid groups (broad SMARTS) is 1. The smallest absolute Gasteiger partial charge is 0.329 e. The van der Waals surface area contributed by atoms with Crippen molar-refractivity contribution < 1.29 is 14.7 Å². The molecule has 5 heteroatoms. The van der Waals surface area contributed by atoms with Gasteiger partial charge in [-0.1, -0.05) is 26.2 Å². The number of aliphatic carboxylic acids is 1. The molecule has 0 aromatic rings. The molecule has 2 amide bonds. The first-order valence-corrected chi connectivity index (χ1v) is 7.31. The summed E-state index contributed by atoms with van der Waals surface area (Å²) in [4.78, 5) is 23.4. The molecule has 5 nitrogen and oxygen atoms in total. The Kier molecular flexibility index (Phi) is 4.02. The molecule has 2 aliphatic rings. The average Bonchev–Trinajstić information content (AvgIpc) is 3.18. The van der Waals surface area contributed by atoms with Crippen LogP contribution < -0.4 is 10.6 Å². The molecule has 0 bridgehead atoms. The molecule has 2 fully saturated rings. The summed E-state index contributed by atoms with van der Waals surface area (Å²) in [6.45, 7) is 2.79. The number of urea groups is 1. The van der Waals surface area contributed by atoms with Crippen LogP contribution in [-0.4, -0.2) is 29.2 Å². The van der Waals surface area contributed by atoms with Crippen LogP contribution in [0.4, 0.5) is 4.79 Å². The fraction of sp³-hybridized carbons (Fsp3) is 0.857. The Balaban J connectivity index is 1.86. The topological polar surface area (TPSA) is 78.4 Å². The number of amides is 2. The molecule has 2 saturated carbocycles. The Bertz CT molecular complexity index is 358. The highest BCUT2D eigenvalue weighted by molar-refractivity contribution is 5.86. The van der Waals surface area contributed by atoms with E-state index in [1.165, 1.54) is 0 Å². The van der Waals surface area contributed by atoms with Gasteiger partial charge in [-0.05, 0) is 37.5 Å². The van der Waals surface area contributed by atoms with E-state index in [2.05, 4.69) is 17.6 Å². The molecule has 0 saturated heterocycles. The Morgan fingerprint density at radius 2 is 1.74 bits per heavy atom. The molecule has 2 aliphatic carbocycles. The number of carbonyl (C=O) groups is 2. The van der Waals surface area contributed by atoms with Crippen LogP contribution in [0.3, 0.4) is 0 Å². The summed E-state index contributed by atoms with van der Waals surface area (Å²) in [5, 5.41) is 14.9. The summed E-state index contributed by atoms with van der Waals surface area (Å²) < 4.78 is 0. The Morgan fingerprint density at radius 1 is 1.11 bits per heavy atom. The minimum atomic E-state index is -1.05. The van der Waals surface area contributed by atoms with E-state index in [0.29, 0.717) is 19.4 Å². The number of rotatable bonds is 5. The molecule has 108 valence electrons. The van der Waals surface area contributed by atoms with Gasteiger partial charge in [0.15, 0.2) is 0 Å². The third-order valence-corrected chi connectivity index (χ3v) is 4.80. The van der Waals surface area contributed by atoms with Gasteiger partial charge in [-0.25, -0.2) is 9.59 Å². The van der Waals surface area contributed by atoms with Gasteiger partial charge in [0.2, 0.25) is 0 Å². The van der Waals surface area contributed by atoms with E-state index in [4.69, 9.17) is 0 Å². The van der Waals surface area contributed by atoms with Crippen molar-refractivity contribution >= 4 is 12.0 Å². The quantitative estimate of drug-likeness (QED) is 0.715. The molecule has 0 aromatic heterocycles. The third kappa shape index (κ3) is 3.19. The van der Waals surface area contributed by atoms with Crippen LogP contribution in [0.15, 0.2) is 0 Å². The highest BCUT2D eigenvalue weighted by Gasteiger charge is 2.43. The molecular formula is C14H24N2O3. The summed E-state index contributed by atoms with van der Waals surface area (Å²) in [6.07, 6.45) is 7.25. The van der Waals surface area contributed by atoms with Crippen molar-refractivity contribution in [2.45, 2.75) is 63.8 Å². The number of carbonyl (C=O) groups excluding carboxylic acids is 1. The maximum atomic E-state index is 11.9. The summed E-state index contributed by atoms with van der Waals surface area (Å²) >= 11 is 0. The molecule has 0 unspecified atom stereocenters. The second-order valence-electron chi connectivity index (χ2n) is 6.11. The van der Waals surface area contributed by atoms with Gasteiger partial charge in [-0.3, -0.25) is 0 Å². The highest BCUT2D eigenvalue weighted by atomic mass is 16.4. The van der Waals surface area contributed by atoms with Gasteiger partial charge in [0.25, 0.3) is 0 Å². The van der Waals surface area contributed by atoms with Crippen molar-refractivity contribution in [3.05, 3.63) is 0 Å². The van der Waals surface area contributed by atoms with E-state index in [9.17, 15) is 14.7 Å². The monoisotopic (exact) mass is 268 g/mol. The Labute approximate surface area is 114 Å². The lowest BCUT2D eigenvalue weighted by Gasteiger charge is -2.34. The van der Waals surface area contributed by atoms with Crippen molar-refractivity contribution in [1.29, 1.82) is 0 Å². The minimum Gasteiger partial charge on any atom is -0.480 e. The fourth-order valence-corrected chi connectivity index (χ4v) is 2.91. The zero-order chi connectivity index (χ0) is 13.9. The van der Waals surface area contributed by atoms with Crippen molar-refractivity contribution in [3.8, 4) is 0 Å².